The molecule has 0 bridgehead atoms. The third-order valence-corrected chi connectivity index (χ3v) is 5.16. The fraction of sp³-hybridized carbons (Fsp3) is 0.400. The first-order valence-corrected chi connectivity index (χ1v) is 9.08. The Hall–Kier alpha value is -1.91. The molecule has 0 radical (unpaired) electrons. The van der Waals surface area contributed by atoms with Gasteiger partial charge in [0.25, 0.3) is 0 Å². The Bertz CT molecular complexity index is 697. The summed E-state index contributed by atoms with van der Waals surface area (Å²) in [7, 11) is 0. The highest BCUT2D eigenvalue weighted by Gasteiger charge is 2.32. The zero-order valence-electron chi connectivity index (χ0n) is 14.1. The minimum atomic E-state index is -0.753. The third kappa shape index (κ3) is 4.80. The SMILES string of the molecule is O=C(NCC1(O)CCCC1)C(Cc1ccncc1)c1ccc(Cl)cc1. The molecule has 1 fully saturated rings. The molecule has 1 aliphatic carbocycles. The van der Waals surface area contributed by atoms with Crippen LogP contribution in [0.2, 0.25) is 5.02 Å². The highest BCUT2D eigenvalue weighted by Crippen LogP contribution is 2.29. The van der Waals surface area contributed by atoms with Crippen LogP contribution in [0.25, 0.3) is 0 Å². The largest absolute Gasteiger partial charge is 0.388 e. The van der Waals surface area contributed by atoms with E-state index < -0.39 is 5.60 Å². The van der Waals surface area contributed by atoms with Crippen LogP contribution in [0.4, 0.5) is 0 Å². The first kappa shape index (κ1) is 17.9. The van der Waals surface area contributed by atoms with Gasteiger partial charge in [0.15, 0.2) is 0 Å². The Kier molecular flexibility index (Phi) is 5.71. The smallest absolute Gasteiger partial charge is 0.227 e. The fourth-order valence-electron chi connectivity index (χ4n) is 3.40. The van der Waals surface area contributed by atoms with E-state index in [0.29, 0.717) is 18.0 Å². The Labute approximate surface area is 153 Å². The molecule has 1 aromatic heterocycles. The van der Waals surface area contributed by atoms with E-state index in [1.165, 1.54) is 0 Å². The average Bonchev–Trinajstić information content (AvgIpc) is 3.06. The van der Waals surface area contributed by atoms with Crippen molar-refractivity contribution in [3.8, 4) is 0 Å². The first-order valence-electron chi connectivity index (χ1n) is 8.70. The lowest BCUT2D eigenvalue weighted by atomic mass is 9.91. The van der Waals surface area contributed by atoms with Gasteiger partial charge in [0.1, 0.15) is 0 Å². The molecule has 1 amide bonds. The average molecular weight is 359 g/mol. The molecule has 2 aromatic rings. The molecule has 2 N–H and O–H groups in total. The van der Waals surface area contributed by atoms with Crippen molar-refractivity contribution in [3.63, 3.8) is 0 Å². The Morgan fingerprint density at radius 2 is 1.80 bits per heavy atom. The van der Waals surface area contributed by atoms with Crippen molar-refractivity contribution in [2.24, 2.45) is 0 Å². The van der Waals surface area contributed by atoms with Gasteiger partial charge in [-0.1, -0.05) is 36.6 Å². The van der Waals surface area contributed by atoms with E-state index in [4.69, 9.17) is 11.6 Å². The summed E-state index contributed by atoms with van der Waals surface area (Å²) in [4.78, 5) is 16.9. The summed E-state index contributed by atoms with van der Waals surface area (Å²) >= 11 is 5.98. The molecule has 25 heavy (non-hydrogen) atoms. The van der Waals surface area contributed by atoms with Gasteiger partial charge in [0.05, 0.1) is 11.5 Å². The molecule has 1 aliphatic rings. The Balaban J connectivity index is 1.75. The van der Waals surface area contributed by atoms with E-state index >= 15 is 0 Å². The van der Waals surface area contributed by atoms with Gasteiger partial charge < -0.3 is 10.4 Å². The lowest BCUT2D eigenvalue weighted by molar-refractivity contribution is -0.123. The lowest BCUT2D eigenvalue weighted by Gasteiger charge is -2.24. The van der Waals surface area contributed by atoms with Crippen LogP contribution in [0, 0.1) is 0 Å². The van der Waals surface area contributed by atoms with Crippen LogP contribution in [0.3, 0.4) is 0 Å². The van der Waals surface area contributed by atoms with Crippen molar-refractivity contribution in [1.29, 1.82) is 0 Å². The van der Waals surface area contributed by atoms with Gasteiger partial charge in [-0.25, -0.2) is 0 Å². The van der Waals surface area contributed by atoms with Crippen LogP contribution in [-0.4, -0.2) is 28.1 Å². The van der Waals surface area contributed by atoms with Crippen LogP contribution in [-0.2, 0) is 11.2 Å². The first-order chi connectivity index (χ1) is 12.1. The quantitative estimate of drug-likeness (QED) is 0.831. The minimum absolute atomic E-state index is 0.0699. The molecule has 0 aliphatic heterocycles. The maximum atomic E-state index is 12.9. The van der Waals surface area contributed by atoms with E-state index in [-0.39, 0.29) is 11.8 Å². The molecular formula is C20H23ClN2O2. The van der Waals surface area contributed by atoms with Gasteiger partial charge in [-0.3, -0.25) is 9.78 Å². The second-order valence-electron chi connectivity index (χ2n) is 6.81. The summed E-state index contributed by atoms with van der Waals surface area (Å²) in [6, 6.07) is 11.2. The maximum Gasteiger partial charge on any atom is 0.227 e. The molecule has 0 saturated heterocycles. The highest BCUT2D eigenvalue weighted by molar-refractivity contribution is 6.30. The summed E-state index contributed by atoms with van der Waals surface area (Å²) in [5.74, 6) is -0.399. The number of rotatable bonds is 6. The monoisotopic (exact) mass is 358 g/mol. The molecule has 1 saturated carbocycles. The standard InChI is InChI=1S/C20H23ClN2O2/c21-17-5-3-16(4-6-17)18(13-15-7-11-22-12-8-15)19(24)23-14-20(25)9-1-2-10-20/h3-8,11-12,18,25H,1-2,9-10,13-14H2,(H,23,24). The van der Waals surface area contributed by atoms with Crippen molar-refractivity contribution in [1.82, 2.24) is 10.3 Å². The summed E-state index contributed by atoms with van der Waals surface area (Å²) in [5, 5.41) is 14.1. The number of carbonyl (C=O) groups excluding carboxylic acids is 1. The number of benzene rings is 1. The highest BCUT2D eigenvalue weighted by atomic mass is 35.5. The number of hydrogen-bond donors (Lipinski definition) is 2. The van der Waals surface area contributed by atoms with Crippen LogP contribution in [0.1, 0.15) is 42.7 Å². The predicted octanol–water partition coefficient (Wildman–Crippen LogP) is 3.48. The second-order valence-corrected chi connectivity index (χ2v) is 7.25. The number of aliphatic hydroxyl groups is 1. The summed E-state index contributed by atoms with van der Waals surface area (Å²) in [5.41, 5.74) is 1.21. The molecule has 1 unspecified atom stereocenters. The van der Waals surface area contributed by atoms with Crippen molar-refractivity contribution < 1.29 is 9.90 Å². The number of pyridine rings is 1. The van der Waals surface area contributed by atoms with Crippen molar-refractivity contribution in [3.05, 3.63) is 64.9 Å². The van der Waals surface area contributed by atoms with Gasteiger partial charge in [-0.15, -0.1) is 0 Å². The zero-order chi connectivity index (χ0) is 17.7. The zero-order valence-corrected chi connectivity index (χ0v) is 14.9. The number of carbonyl (C=O) groups is 1. The molecule has 5 heteroatoms. The number of hydrogen-bond acceptors (Lipinski definition) is 3. The van der Waals surface area contributed by atoms with E-state index in [1.807, 2.05) is 24.3 Å². The van der Waals surface area contributed by atoms with Crippen molar-refractivity contribution >= 4 is 17.5 Å². The molecule has 0 spiro atoms. The number of nitrogens with one attached hydrogen (secondary N) is 1. The number of halogens is 1. The molecule has 1 aromatic carbocycles. The molecule has 1 atom stereocenters. The summed E-state index contributed by atoms with van der Waals surface area (Å²) < 4.78 is 0. The van der Waals surface area contributed by atoms with E-state index in [2.05, 4.69) is 10.3 Å². The van der Waals surface area contributed by atoms with Gasteiger partial charge in [-0.05, 0) is 54.7 Å². The van der Waals surface area contributed by atoms with Crippen LogP contribution >= 0.6 is 11.6 Å². The van der Waals surface area contributed by atoms with E-state index in [1.54, 1.807) is 24.5 Å². The van der Waals surface area contributed by atoms with E-state index in [9.17, 15) is 9.90 Å². The molecule has 4 nitrogen and oxygen atoms in total. The summed E-state index contributed by atoms with van der Waals surface area (Å²) in [6.07, 6.45) is 7.58. The van der Waals surface area contributed by atoms with Gasteiger partial charge in [0.2, 0.25) is 5.91 Å². The normalized spacial score (nSPS) is 17.2. The minimum Gasteiger partial charge on any atom is -0.388 e. The van der Waals surface area contributed by atoms with Gasteiger partial charge in [-0.2, -0.15) is 0 Å². The van der Waals surface area contributed by atoms with Crippen molar-refractivity contribution in [2.75, 3.05) is 6.54 Å². The molecule has 1 heterocycles. The topological polar surface area (TPSA) is 62.2 Å². The van der Waals surface area contributed by atoms with E-state index in [0.717, 1.165) is 36.8 Å². The van der Waals surface area contributed by atoms with Crippen LogP contribution in [0.15, 0.2) is 48.8 Å². The predicted molar refractivity (Wildman–Crippen MR) is 98.6 cm³/mol. The third-order valence-electron chi connectivity index (χ3n) is 4.90. The summed E-state index contributed by atoms with van der Waals surface area (Å²) in [6.45, 7) is 0.312. The molecular weight excluding hydrogens is 336 g/mol. The second kappa shape index (κ2) is 7.98. The Morgan fingerprint density at radius 1 is 1.16 bits per heavy atom. The number of aromatic nitrogens is 1. The molecule has 132 valence electrons. The van der Waals surface area contributed by atoms with Gasteiger partial charge in [0, 0.05) is 24.0 Å². The number of amides is 1. The maximum absolute atomic E-state index is 12.9. The lowest BCUT2D eigenvalue weighted by Crippen LogP contribution is -2.42. The number of nitrogens with zero attached hydrogens (tertiary/aromatic N) is 1. The molecule has 3 rings (SSSR count). The van der Waals surface area contributed by atoms with Crippen LogP contribution < -0.4 is 5.32 Å². The van der Waals surface area contributed by atoms with Crippen molar-refractivity contribution in [2.45, 2.75) is 43.6 Å². The van der Waals surface area contributed by atoms with Crippen LogP contribution in [0.5, 0.6) is 0 Å². The van der Waals surface area contributed by atoms with Gasteiger partial charge >= 0.3 is 0 Å². The Morgan fingerprint density at radius 3 is 2.44 bits per heavy atom. The fourth-order valence-corrected chi connectivity index (χ4v) is 3.52.